The van der Waals surface area contributed by atoms with Crippen LogP contribution in [0.4, 0.5) is 0 Å². The minimum absolute atomic E-state index is 0.0305. The van der Waals surface area contributed by atoms with Gasteiger partial charge in [-0.1, -0.05) is 40.0 Å². The second kappa shape index (κ2) is 4.73. The van der Waals surface area contributed by atoms with Crippen molar-refractivity contribution < 1.29 is 4.79 Å². The van der Waals surface area contributed by atoms with Gasteiger partial charge >= 0.3 is 0 Å². The van der Waals surface area contributed by atoms with Gasteiger partial charge in [-0.15, -0.1) is 4.91 Å². The standard InChI is InChI=1S/C11H20N2O2/c1-11(2,3)10(14)13(12-15)9-7-5-4-6-8-9/h9H,4-8H2,1-3H3. The van der Waals surface area contributed by atoms with Crippen molar-refractivity contribution in [1.29, 1.82) is 0 Å². The van der Waals surface area contributed by atoms with Crippen molar-refractivity contribution in [3.8, 4) is 0 Å². The maximum Gasteiger partial charge on any atom is 0.250 e. The lowest BCUT2D eigenvalue weighted by Gasteiger charge is -2.31. The van der Waals surface area contributed by atoms with Gasteiger partial charge in [0.25, 0.3) is 5.91 Å². The third kappa shape index (κ3) is 3.01. The third-order valence-corrected chi connectivity index (χ3v) is 2.86. The molecule has 86 valence electrons. The Morgan fingerprint density at radius 2 is 1.73 bits per heavy atom. The summed E-state index contributed by atoms with van der Waals surface area (Å²) in [7, 11) is 0. The zero-order chi connectivity index (χ0) is 11.5. The predicted molar refractivity (Wildman–Crippen MR) is 59.0 cm³/mol. The van der Waals surface area contributed by atoms with E-state index in [0.717, 1.165) is 25.7 Å². The van der Waals surface area contributed by atoms with Crippen LogP contribution in [0.2, 0.25) is 0 Å². The zero-order valence-corrected chi connectivity index (χ0v) is 9.82. The summed E-state index contributed by atoms with van der Waals surface area (Å²) < 4.78 is 0. The highest BCUT2D eigenvalue weighted by atomic mass is 16.3. The van der Waals surface area contributed by atoms with Crippen LogP contribution in [0, 0.1) is 10.3 Å². The molecule has 1 fully saturated rings. The Bertz CT molecular complexity index is 239. The second-order valence-electron chi connectivity index (χ2n) is 5.27. The molecule has 0 aromatic rings. The highest BCUT2D eigenvalue weighted by molar-refractivity contribution is 5.81. The summed E-state index contributed by atoms with van der Waals surface area (Å²) in [6.07, 6.45) is 5.20. The molecule has 0 bridgehead atoms. The minimum atomic E-state index is -0.522. The average molecular weight is 212 g/mol. The van der Waals surface area contributed by atoms with Crippen LogP contribution in [0.25, 0.3) is 0 Å². The monoisotopic (exact) mass is 212 g/mol. The van der Waals surface area contributed by atoms with Crippen LogP contribution in [0.3, 0.4) is 0 Å². The van der Waals surface area contributed by atoms with Gasteiger partial charge in [0.2, 0.25) is 0 Å². The van der Waals surface area contributed by atoms with Crippen LogP contribution in [0.15, 0.2) is 5.29 Å². The summed E-state index contributed by atoms with van der Waals surface area (Å²) in [6, 6.07) is 0.0305. The van der Waals surface area contributed by atoms with Crippen molar-refractivity contribution in [3.63, 3.8) is 0 Å². The SMILES string of the molecule is CC(C)(C)C(=O)N(N=O)C1CCCCC1. The van der Waals surface area contributed by atoms with Crippen LogP contribution < -0.4 is 0 Å². The molecule has 4 nitrogen and oxygen atoms in total. The van der Waals surface area contributed by atoms with E-state index in [1.54, 1.807) is 0 Å². The van der Waals surface area contributed by atoms with Gasteiger partial charge in [-0.3, -0.25) is 4.79 Å². The van der Waals surface area contributed by atoms with E-state index in [-0.39, 0.29) is 11.9 Å². The summed E-state index contributed by atoms with van der Waals surface area (Å²) in [5.74, 6) is -0.163. The molecule has 1 saturated carbocycles. The fourth-order valence-corrected chi connectivity index (χ4v) is 1.94. The number of hydrogen-bond donors (Lipinski definition) is 0. The quantitative estimate of drug-likeness (QED) is 0.522. The van der Waals surface area contributed by atoms with E-state index in [2.05, 4.69) is 5.29 Å². The molecule has 0 unspecified atom stereocenters. The van der Waals surface area contributed by atoms with Crippen molar-refractivity contribution >= 4 is 5.91 Å². The smallest absolute Gasteiger partial charge is 0.250 e. The molecule has 0 aliphatic heterocycles. The van der Waals surface area contributed by atoms with Gasteiger partial charge in [-0.05, 0) is 12.8 Å². The average Bonchev–Trinajstić information content (AvgIpc) is 2.19. The van der Waals surface area contributed by atoms with Gasteiger partial charge in [0.15, 0.2) is 0 Å². The molecule has 1 aliphatic rings. The Morgan fingerprint density at radius 3 is 2.13 bits per heavy atom. The van der Waals surface area contributed by atoms with Gasteiger partial charge in [0.05, 0.1) is 11.3 Å². The number of nitrogens with zero attached hydrogens (tertiary/aromatic N) is 2. The molecule has 0 atom stereocenters. The number of amides is 1. The van der Waals surface area contributed by atoms with E-state index in [1.807, 2.05) is 20.8 Å². The van der Waals surface area contributed by atoms with Crippen LogP contribution in [0.1, 0.15) is 52.9 Å². The molecule has 4 heteroatoms. The number of carbonyl (C=O) groups is 1. The molecular weight excluding hydrogens is 192 g/mol. The Kier molecular flexibility index (Phi) is 3.83. The molecule has 0 heterocycles. The molecule has 1 rings (SSSR count). The minimum Gasteiger partial charge on any atom is -0.272 e. The summed E-state index contributed by atoms with van der Waals surface area (Å²) in [5.41, 5.74) is -0.522. The van der Waals surface area contributed by atoms with Gasteiger partial charge < -0.3 is 0 Å². The Labute approximate surface area is 91.0 Å². The van der Waals surface area contributed by atoms with E-state index >= 15 is 0 Å². The number of carbonyl (C=O) groups excluding carboxylic acids is 1. The lowest BCUT2D eigenvalue weighted by Crippen LogP contribution is -2.43. The van der Waals surface area contributed by atoms with Crippen molar-refractivity contribution in [1.82, 2.24) is 5.01 Å². The van der Waals surface area contributed by atoms with Gasteiger partial charge in [-0.2, -0.15) is 5.01 Å². The fourth-order valence-electron chi connectivity index (χ4n) is 1.94. The maximum absolute atomic E-state index is 11.9. The molecule has 0 aromatic carbocycles. The second-order valence-corrected chi connectivity index (χ2v) is 5.27. The van der Waals surface area contributed by atoms with E-state index in [4.69, 9.17) is 0 Å². The van der Waals surface area contributed by atoms with E-state index in [0.29, 0.717) is 0 Å². The normalized spacial score (nSPS) is 18.6. The summed E-state index contributed by atoms with van der Waals surface area (Å²) >= 11 is 0. The first-order valence-corrected chi connectivity index (χ1v) is 5.64. The molecule has 0 radical (unpaired) electrons. The lowest BCUT2D eigenvalue weighted by molar-refractivity contribution is -0.142. The van der Waals surface area contributed by atoms with E-state index in [1.165, 1.54) is 11.4 Å². The molecule has 15 heavy (non-hydrogen) atoms. The van der Waals surface area contributed by atoms with Crippen molar-refractivity contribution in [3.05, 3.63) is 4.91 Å². The molecule has 1 amide bonds. The largest absolute Gasteiger partial charge is 0.272 e. The highest BCUT2D eigenvalue weighted by Gasteiger charge is 2.33. The van der Waals surface area contributed by atoms with Crippen LogP contribution in [0.5, 0.6) is 0 Å². The van der Waals surface area contributed by atoms with Gasteiger partial charge in [0, 0.05) is 5.41 Å². The van der Waals surface area contributed by atoms with Crippen LogP contribution in [-0.2, 0) is 4.79 Å². The first-order valence-electron chi connectivity index (χ1n) is 5.64. The summed E-state index contributed by atoms with van der Waals surface area (Å²) in [5, 5.41) is 4.08. The fraction of sp³-hybridized carbons (Fsp3) is 0.909. The van der Waals surface area contributed by atoms with Crippen LogP contribution >= 0.6 is 0 Å². The highest BCUT2D eigenvalue weighted by Crippen LogP contribution is 2.27. The van der Waals surface area contributed by atoms with Crippen LogP contribution in [-0.4, -0.2) is 17.0 Å². The Balaban J connectivity index is 2.69. The van der Waals surface area contributed by atoms with Crippen molar-refractivity contribution in [2.45, 2.75) is 58.9 Å². The zero-order valence-electron chi connectivity index (χ0n) is 9.82. The molecule has 0 N–H and O–H groups in total. The first kappa shape index (κ1) is 12.1. The maximum atomic E-state index is 11.9. The molecule has 0 saturated heterocycles. The number of hydrogen-bond acceptors (Lipinski definition) is 3. The topological polar surface area (TPSA) is 49.7 Å². The number of nitroso groups, excluding NO2 is 1. The third-order valence-electron chi connectivity index (χ3n) is 2.86. The van der Waals surface area contributed by atoms with Crippen molar-refractivity contribution in [2.75, 3.05) is 0 Å². The number of rotatable bonds is 2. The molecule has 0 spiro atoms. The predicted octanol–water partition coefficient (Wildman–Crippen LogP) is 2.88. The van der Waals surface area contributed by atoms with E-state index < -0.39 is 5.41 Å². The van der Waals surface area contributed by atoms with Gasteiger partial charge in [-0.25, -0.2) is 0 Å². The molecular formula is C11H20N2O2. The summed E-state index contributed by atoms with van der Waals surface area (Å²) in [4.78, 5) is 22.7. The van der Waals surface area contributed by atoms with Crippen molar-refractivity contribution in [2.24, 2.45) is 10.7 Å². The lowest BCUT2D eigenvalue weighted by atomic mass is 9.91. The Morgan fingerprint density at radius 1 is 1.20 bits per heavy atom. The summed E-state index contributed by atoms with van der Waals surface area (Å²) in [6.45, 7) is 5.45. The Hall–Kier alpha value is -0.930. The first-order chi connectivity index (χ1) is 6.96. The molecule has 0 aromatic heterocycles. The van der Waals surface area contributed by atoms with Gasteiger partial charge in [0.1, 0.15) is 0 Å². The molecule has 1 aliphatic carbocycles. The van der Waals surface area contributed by atoms with E-state index in [9.17, 15) is 9.70 Å².